The van der Waals surface area contributed by atoms with Crippen molar-refractivity contribution in [1.82, 2.24) is 0 Å². The van der Waals surface area contributed by atoms with E-state index in [-0.39, 0.29) is 0 Å². The first-order chi connectivity index (χ1) is 7.72. The summed E-state index contributed by atoms with van der Waals surface area (Å²) >= 11 is 5.91. The lowest BCUT2D eigenvalue weighted by atomic mass is 10.1. The van der Waals surface area contributed by atoms with Gasteiger partial charge in [0, 0.05) is 0 Å². The predicted molar refractivity (Wildman–Crippen MR) is 65.7 cm³/mol. The van der Waals surface area contributed by atoms with Gasteiger partial charge >= 0.3 is 0 Å². The highest BCUT2D eigenvalue weighted by Crippen LogP contribution is 2.26. The monoisotopic (exact) mass is 237 g/mol. The van der Waals surface area contributed by atoms with Gasteiger partial charge in [-0.05, 0) is 18.1 Å². The van der Waals surface area contributed by atoms with E-state index in [9.17, 15) is 0 Å². The van der Waals surface area contributed by atoms with Crippen LogP contribution in [0.2, 0.25) is 5.02 Å². The molecule has 0 N–H and O–H groups in total. The van der Waals surface area contributed by atoms with Gasteiger partial charge in [-0.1, -0.05) is 44.4 Å². The summed E-state index contributed by atoms with van der Waals surface area (Å²) in [5.74, 6) is 1.12. The summed E-state index contributed by atoms with van der Waals surface area (Å²) in [5.41, 5.74) is 0.426. The fourth-order valence-electron chi connectivity index (χ4n) is 1.47. The number of benzene rings is 1. The van der Waals surface area contributed by atoms with E-state index in [1.807, 2.05) is 0 Å². The second kappa shape index (κ2) is 6.40. The fourth-order valence-corrected chi connectivity index (χ4v) is 1.67. The van der Waals surface area contributed by atoms with Crippen LogP contribution in [0.5, 0.6) is 5.75 Å². The Morgan fingerprint density at radius 3 is 2.62 bits per heavy atom. The minimum atomic E-state index is 0.426. The molecular formula is C13H16ClNO. The van der Waals surface area contributed by atoms with E-state index < -0.39 is 0 Å². The van der Waals surface area contributed by atoms with Gasteiger partial charge in [-0.2, -0.15) is 5.26 Å². The van der Waals surface area contributed by atoms with Crippen molar-refractivity contribution in [2.75, 3.05) is 6.61 Å². The number of rotatable bonds is 5. The molecule has 0 aliphatic heterocycles. The summed E-state index contributed by atoms with van der Waals surface area (Å²) in [7, 11) is 0. The minimum absolute atomic E-state index is 0.426. The van der Waals surface area contributed by atoms with Gasteiger partial charge in [-0.3, -0.25) is 0 Å². The van der Waals surface area contributed by atoms with E-state index >= 15 is 0 Å². The van der Waals surface area contributed by atoms with Gasteiger partial charge in [0.25, 0.3) is 0 Å². The highest BCUT2D eigenvalue weighted by Gasteiger charge is 2.09. The number of hydrogen-bond acceptors (Lipinski definition) is 2. The van der Waals surface area contributed by atoms with Crippen molar-refractivity contribution < 1.29 is 4.74 Å². The molecule has 16 heavy (non-hydrogen) atoms. The molecule has 3 heteroatoms. The molecule has 1 rings (SSSR count). The summed E-state index contributed by atoms with van der Waals surface area (Å²) in [5, 5.41) is 9.41. The van der Waals surface area contributed by atoms with Crippen molar-refractivity contribution >= 4 is 11.6 Å². The zero-order chi connectivity index (χ0) is 12.0. The van der Waals surface area contributed by atoms with Crippen LogP contribution in [0.1, 0.15) is 32.3 Å². The molecule has 1 aromatic carbocycles. The van der Waals surface area contributed by atoms with E-state index in [0.717, 1.165) is 12.8 Å². The number of halogens is 1. The van der Waals surface area contributed by atoms with Gasteiger partial charge in [0.2, 0.25) is 0 Å². The molecule has 0 saturated carbocycles. The largest absolute Gasteiger partial charge is 0.492 e. The number of nitrogens with zero attached hydrogens (tertiary/aromatic N) is 1. The second-order valence-electron chi connectivity index (χ2n) is 3.72. The van der Waals surface area contributed by atoms with Gasteiger partial charge in [-0.15, -0.1) is 0 Å². The third-order valence-corrected chi connectivity index (χ3v) is 3.03. The molecule has 0 fully saturated rings. The highest BCUT2D eigenvalue weighted by atomic mass is 35.5. The first-order valence-corrected chi connectivity index (χ1v) is 5.92. The molecule has 86 valence electrons. The molecule has 0 heterocycles. The van der Waals surface area contributed by atoms with Crippen LogP contribution in [0.15, 0.2) is 18.2 Å². The van der Waals surface area contributed by atoms with Crippen LogP contribution >= 0.6 is 11.6 Å². The first kappa shape index (κ1) is 12.9. The molecule has 0 spiro atoms. The number of nitriles is 1. The zero-order valence-electron chi connectivity index (χ0n) is 9.66. The van der Waals surface area contributed by atoms with Crippen molar-refractivity contribution in [2.24, 2.45) is 5.92 Å². The lowest BCUT2D eigenvalue weighted by Gasteiger charge is -2.14. The average molecular weight is 238 g/mol. The van der Waals surface area contributed by atoms with Crippen molar-refractivity contribution in [3.8, 4) is 11.8 Å². The molecule has 0 radical (unpaired) electrons. The van der Waals surface area contributed by atoms with Crippen LogP contribution < -0.4 is 4.74 Å². The Hall–Kier alpha value is -1.20. The minimum Gasteiger partial charge on any atom is -0.492 e. The van der Waals surface area contributed by atoms with Crippen LogP contribution in [-0.4, -0.2) is 6.61 Å². The Balaban J connectivity index is 2.74. The third kappa shape index (κ3) is 3.15. The Kier molecular flexibility index (Phi) is 5.14. The van der Waals surface area contributed by atoms with Gasteiger partial charge in [0.05, 0.1) is 11.6 Å². The quantitative estimate of drug-likeness (QED) is 0.775. The van der Waals surface area contributed by atoms with Crippen molar-refractivity contribution in [3.63, 3.8) is 0 Å². The molecule has 0 amide bonds. The Labute approximate surface area is 102 Å². The van der Waals surface area contributed by atoms with Crippen LogP contribution in [0.25, 0.3) is 0 Å². The number of hydrogen-bond donors (Lipinski definition) is 0. The van der Waals surface area contributed by atoms with Crippen LogP contribution in [0, 0.1) is 17.2 Å². The van der Waals surface area contributed by atoms with Gasteiger partial charge in [0.15, 0.2) is 0 Å². The molecule has 0 aliphatic carbocycles. The summed E-state index contributed by atoms with van der Waals surface area (Å²) in [4.78, 5) is 0. The molecule has 0 aromatic heterocycles. The van der Waals surface area contributed by atoms with E-state index in [4.69, 9.17) is 21.6 Å². The van der Waals surface area contributed by atoms with Crippen molar-refractivity contribution in [2.45, 2.75) is 26.7 Å². The molecular weight excluding hydrogens is 222 g/mol. The van der Waals surface area contributed by atoms with E-state index in [2.05, 4.69) is 19.9 Å². The Morgan fingerprint density at radius 2 is 2.06 bits per heavy atom. The maximum Gasteiger partial charge on any atom is 0.138 e. The molecule has 0 aliphatic rings. The summed E-state index contributed by atoms with van der Waals surface area (Å²) in [6, 6.07) is 7.35. The molecule has 0 saturated heterocycles. The predicted octanol–water partition coefficient (Wildman–Crippen LogP) is 4.03. The summed E-state index contributed by atoms with van der Waals surface area (Å²) < 4.78 is 5.65. The van der Waals surface area contributed by atoms with Crippen molar-refractivity contribution in [1.29, 1.82) is 5.26 Å². The smallest absolute Gasteiger partial charge is 0.138 e. The lowest BCUT2D eigenvalue weighted by Crippen LogP contribution is -2.10. The maximum atomic E-state index is 8.96. The summed E-state index contributed by atoms with van der Waals surface area (Å²) in [6.45, 7) is 4.92. The standard InChI is InChI=1S/C13H16ClNO/c1-3-10(4-2)9-16-13-7-5-6-12(14)11(13)8-15/h5-7,10H,3-4,9H2,1-2H3. The molecule has 2 nitrogen and oxygen atoms in total. The Bertz CT molecular complexity index is 380. The fraction of sp³-hybridized carbons (Fsp3) is 0.462. The zero-order valence-corrected chi connectivity index (χ0v) is 10.4. The summed E-state index contributed by atoms with van der Waals surface area (Å²) in [6.07, 6.45) is 2.16. The van der Waals surface area contributed by atoms with Gasteiger partial charge in [-0.25, -0.2) is 0 Å². The van der Waals surface area contributed by atoms with E-state index in [1.54, 1.807) is 18.2 Å². The van der Waals surface area contributed by atoms with E-state index in [1.165, 1.54) is 0 Å². The lowest BCUT2D eigenvalue weighted by molar-refractivity contribution is 0.240. The molecule has 0 atom stereocenters. The SMILES string of the molecule is CCC(CC)COc1cccc(Cl)c1C#N. The number of ether oxygens (including phenoxy) is 1. The van der Waals surface area contributed by atoms with E-state index in [0.29, 0.717) is 28.9 Å². The second-order valence-corrected chi connectivity index (χ2v) is 4.13. The van der Waals surface area contributed by atoms with Crippen LogP contribution in [0.4, 0.5) is 0 Å². The van der Waals surface area contributed by atoms with Crippen LogP contribution in [-0.2, 0) is 0 Å². The van der Waals surface area contributed by atoms with Crippen molar-refractivity contribution in [3.05, 3.63) is 28.8 Å². The average Bonchev–Trinajstić information content (AvgIpc) is 2.30. The molecule has 0 bridgehead atoms. The molecule has 0 unspecified atom stereocenters. The van der Waals surface area contributed by atoms with Crippen LogP contribution in [0.3, 0.4) is 0 Å². The Morgan fingerprint density at radius 1 is 1.38 bits per heavy atom. The van der Waals surface area contributed by atoms with Gasteiger partial charge in [0.1, 0.15) is 17.4 Å². The first-order valence-electron chi connectivity index (χ1n) is 5.54. The maximum absolute atomic E-state index is 8.96. The normalized spacial score (nSPS) is 10.2. The molecule has 1 aromatic rings. The topological polar surface area (TPSA) is 33.0 Å². The third-order valence-electron chi connectivity index (χ3n) is 2.72. The highest BCUT2D eigenvalue weighted by molar-refractivity contribution is 6.31. The van der Waals surface area contributed by atoms with Gasteiger partial charge < -0.3 is 4.74 Å².